The van der Waals surface area contributed by atoms with Crippen molar-refractivity contribution in [1.82, 2.24) is 25.0 Å². The molecule has 0 aliphatic heterocycles. The van der Waals surface area contributed by atoms with Crippen LogP contribution in [0.1, 0.15) is 17.6 Å². The highest BCUT2D eigenvalue weighted by Gasteiger charge is 2.05. The first-order valence-corrected chi connectivity index (χ1v) is 3.86. The van der Waals surface area contributed by atoms with Crippen molar-refractivity contribution in [2.24, 2.45) is 0 Å². The number of aromatic nitrogens is 5. The van der Waals surface area contributed by atoms with Crippen molar-refractivity contribution in [2.45, 2.75) is 13.5 Å². The lowest BCUT2D eigenvalue weighted by Gasteiger charge is -1.91. The molecule has 2 aromatic rings. The quantitative estimate of drug-likeness (QED) is 0.655. The molecular formula is C7H6N6O. The molecule has 0 aliphatic carbocycles. The van der Waals surface area contributed by atoms with Crippen LogP contribution in [0.25, 0.3) is 0 Å². The van der Waals surface area contributed by atoms with E-state index in [1.807, 2.05) is 6.07 Å². The van der Waals surface area contributed by atoms with E-state index in [1.54, 1.807) is 6.92 Å². The van der Waals surface area contributed by atoms with Crippen LogP contribution < -0.4 is 0 Å². The van der Waals surface area contributed by atoms with Crippen LogP contribution in [-0.2, 0) is 6.54 Å². The van der Waals surface area contributed by atoms with E-state index in [9.17, 15) is 0 Å². The highest BCUT2D eigenvalue weighted by Crippen LogP contribution is 1.99. The fraction of sp³-hybridized carbons (Fsp3) is 0.286. The summed E-state index contributed by atoms with van der Waals surface area (Å²) < 4.78 is 6.60. The molecule has 0 N–H and O–H groups in total. The van der Waals surface area contributed by atoms with Crippen LogP contribution in [0.2, 0.25) is 0 Å². The summed E-state index contributed by atoms with van der Waals surface area (Å²) in [6.45, 7) is 2.04. The highest BCUT2D eigenvalue weighted by molar-refractivity contribution is 5.05. The van der Waals surface area contributed by atoms with Crippen molar-refractivity contribution in [3.05, 3.63) is 23.9 Å². The molecule has 0 unspecified atom stereocenters. The maximum absolute atomic E-state index is 8.48. The minimum absolute atomic E-state index is 0.126. The molecule has 0 aromatic carbocycles. The van der Waals surface area contributed by atoms with Gasteiger partial charge in [-0.05, 0) is 0 Å². The predicted octanol–water partition coefficient (Wildman–Crippen LogP) is -0.111. The average Bonchev–Trinajstić information content (AvgIpc) is 2.76. The Bertz CT molecular complexity index is 478. The summed E-state index contributed by atoms with van der Waals surface area (Å²) in [5.74, 6) is 1.07. The van der Waals surface area contributed by atoms with Gasteiger partial charge in [0.1, 0.15) is 18.9 Å². The zero-order chi connectivity index (χ0) is 9.97. The molecule has 0 bridgehead atoms. The van der Waals surface area contributed by atoms with Crippen molar-refractivity contribution in [3.63, 3.8) is 0 Å². The first-order chi connectivity index (χ1) is 6.78. The SMILES string of the molecule is Cc1nnc(Cn2cnc(C#N)n2)o1. The van der Waals surface area contributed by atoms with E-state index in [-0.39, 0.29) is 5.82 Å². The minimum atomic E-state index is 0.126. The van der Waals surface area contributed by atoms with Crippen LogP contribution in [0.15, 0.2) is 10.7 Å². The summed E-state index contributed by atoms with van der Waals surface area (Å²) in [5.41, 5.74) is 0. The smallest absolute Gasteiger partial charge is 0.252 e. The van der Waals surface area contributed by atoms with Crippen LogP contribution in [0.3, 0.4) is 0 Å². The number of hydrogen-bond acceptors (Lipinski definition) is 6. The molecule has 2 heterocycles. The molecule has 2 rings (SSSR count). The van der Waals surface area contributed by atoms with Gasteiger partial charge < -0.3 is 4.42 Å². The zero-order valence-corrected chi connectivity index (χ0v) is 7.38. The van der Waals surface area contributed by atoms with E-state index in [4.69, 9.17) is 9.68 Å². The fourth-order valence-corrected chi connectivity index (χ4v) is 0.962. The Labute approximate surface area is 79.0 Å². The second-order valence-corrected chi connectivity index (χ2v) is 2.59. The van der Waals surface area contributed by atoms with Crippen molar-refractivity contribution < 1.29 is 4.42 Å². The van der Waals surface area contributed by atoms with Crippen molar-refractivity contribution in [2.75, 3.05) is 0 Å². The zero-order valence-electron chi connectivity index (χ0n) is 7.38. The van der Waals surface area contributed by atoms with Crippen molar-refractivity contribution in [1.29, 1.82) is 5.26 Å². The van der Waals surface area contributed by atoms with Crippen LogP contribution in [0.5, 0.6) is 0 Å². The summed E-state index contributed by atoms with van der Waals surface area (Å²) in [5, 5.41) is 19.8. The molecule has 0 fully saturated rings. The molecule has 0 amide bonds. The van der Waals surface area contributed by atoms with E-state index in [1.165, 1.54) is 11.0 Å². The normalized spacial score (nSPS) is 10.0. The van der Waals surface area contributed by atoms with Gasteiger partial charge >= 0.3 is 0 Å². The fourth-order valence-electron chi connectivity index (χ4n) is 0.962. The van der Waals surface area contributed by atoms with E-state index in [2.05, 4.69) is 20.3 Å². The van der Waals surface area contributed by atoms with E-state index in [0.717, 1.165) is 0 Å². The van der Waals surface area contributed by atoms with Gasteiger partial charge in [-0.3, -0.25) is 0 Å². The standard InChI is InChI=1S/C7H6N6O/c1-5-10-11-7(14-5)3-13-4-9-6(2-8)12-13/h4H,3H2,1H3. The molecule has 0 saturated heterocycles. The van der Waals surface area contributed by atoms with Crippen LogP contribution in [0.4, 0.5) is 0 Å². The van der Waals surface area contributed by atoms with Gasteiger partial charge in [0, 0.05) is 6.92 Å². The lowest BCUT2D eigenvalue weighted by molar-refractivity contribution is 0.444. The molecular weight excluding hydrogens is 184 g/mol. The Morgan fingerprint density at radius 1 is 1.57 bits per heavy atom. The summed E-state index contributed by atoms with van der Waals surface area (Å²) >= 11 is 0. The summed E-state index contributed by atoms with van der Waals surface area (Å²) in [6.07, 6.45) is 1.44. The number of nitrogens with zero attached hydrogens (tertiary/aromatic N) is 6. The topological polar surface area (TPSA) is 93.4 Å². The van der Waals surface area contributed by atoms with Gasteiger partial charge in [-0.25, -0.2) is 9.67 Å². The molecule has 0 spiro atoms. The summed E-state index contributed by atoms with van der Waals surface area (Å²) in [6, 6.07) is 1.83. The number of nitriles is 1. The predicted molar refractivity (Wildman–Crippen MR) is 42.9 cm³/mol. The summed E-state index contributed by atoms with van der Waals surface area (Å²) in [4.78, 5) is 3.74. The van der Waals surface area contributed by atoms with Gasteiger partial charge in [0.2, 0.25) is 11.8 Å². The monoisotopic (exact) mass is 190 g/mol. The molecule has 0 atom stereocenters. The highest BCUT2D eigenvalue weighted by atomic mass is 16.4. The number of hydrogen-bond donors (Lipinski definition) is 0. The molecule has 70 valence electrons. The molecule has 7 heteroatoms. The van der Waals surface area contributed by atoms with Gasteiger partial charge in [-0.2, -0.15) is 5.26 Å². The lowest BCUT2D eigenvalue weighted by Crippen LogP contribution is -2.00. The number of rotatable bonds is 2. The van der Waals surface area contributed by atoms with E-state index < -0.39 is 0 Å². The minimum Gasteiger partial charge on any atom is -0.424 e. The van der Waals surface area contributed by atoms with Crippen LogP contribution in [-0.4, -0.2) is 25.0 Å². The Kier molecular flexibility index (Phi) is 1.95. The average molecular weight is 190 g/mol. The van der Waals surface area contributed by atoms with Gasteiger partial charge in [-0.1, -0.05) is 0 Å². The molecule has 14 heavy (non-hydrogen) atoms. The largest absolute Gasteiger partial charge is 0.424 e. The molecule has 2 aromatic heterocycles. The molecule has 7 nitrogen and oxygen atoms in total. The van der Waals surface area contributed by atoms with Crippen molar-refractivity contribution in [3.8, 4) is 6.07 Å². The third-order valence-electron chi connectivity index (χ3n) is 1.50. The van der Waals surface area contributed by atoms with E-state index in [0.29, 0.717) is 18.3 Å². The first kappa shape index (κ1) is 8.37. The Hall–Kier alpha value is -2.23. The Balaban J connectivity index is 2.15. The first-order valence-electron chi connectivity index (χ1n) is 3.86. The molecule has 0 saturated carbocycles. The Morgan fingerprint density at radius 3 is 3.00 bits per heavy atom. The van der Waals surface area contributed by atoms with Gasteiger partial charge in [0.05, 0.1) is 0 Å². The van der Waals surface area contributed by atoms with Gasteiger partial charge in [0.15, 0.2) is 0 Å². The second kappa shape index (κ2) is 3.26. The van der Waals surface area contributed by atoms with Crippen LogP contribution in [0, 0.1) is 18.3 Å². The molecule has 0 aliphatic rings. The summed E-state index contributed by atoms with van der Waals surface area (Å²) in [7, 11) is 0. The maximum atomic E-state index is 8.48. The van der Waals surface area contributed by atoms with Crippen LogP contribution >= 0.6 is 0 Å². The second-order valence-electron chi connectivity index (χ2n) is 2.59. The van der Waals surface area contributed by atoms with Crippen molar-refractivity contribution >= 4 is 0 Å². The number of aryl methyl sites for hydroxylation is 1. The van der Waals surface area contributed by atoms with Gasteiger partial charge in [-0.15, -0.1) is 15.3 Å². The lowest BCUT2D eigenvalue weighted by atomic mass is 10.6. The third kappa shape index (κ3) is 1.59. The Morgan fingerprint density at radius 2 is 2.43 bits per heavy atom. The van der Waals surface area contributed by atoms with E-state index >= 15 is 0 Å². The van der Waals surface area contributed by atoms with Gasteiger partial charge in [0.25, 0.3) is 5.82 Å². The molecule has 0 radical (unpaired) electrons. The maximum Gasteiger partial charge on any atom is 0.252 e. The third-order valence-corrected chi connectivity index (χ3v) is 1.50.